The van der Waals surface area contributed by atoms with Crippen LogP contribution in [0.2, 0.25) is 0 Å². The van der Waals surface area contributed by atoms with Gasteiger partial charge in [0.25, 0.3) is 0 Å². The molecule has 2 fully saturated rings. The van der Waals surface area contributed by atoms with Gasteiger partial charge in [0.15, 0.2) is 0 Å². The molecule has 1 saturated heterocycles. The average molecular weight is 231 g/mol. The number of rotatable bonds is 3. The minimum absolute atomic E-state index is 0.158. The molecule has 0 aromatic heterocycles. The monoisotopic (exact) mass is 231 g/mol. The van der Waals surface area contributed by atoms with Crippen LogP contribution >= 0.6 is 0 Å². The quantitative estimate of drug-likeness (QED) is 0.854. The van der Waals surface area contributed by atoms with E-state index in [1.165, 1.54) is 5.56 Å². The van der Waals surface area contributed by atoms with Gasteiger partial charge in [-0.1, -0.05) is 30.3 Å². The number of hydrogen-bond acceptors (Lipinski definition) is 2. The van der Waals surface area contributed by atoms with Crippen LogP contribution in [0.15, 0.2) is 30.3 Å². The largest absolute Gasteiger partial charge is 0.396 e. The predicted octanol–water partition coefficient (Wildman–Crippen LogP) is 1.42. The van der Waals surface area contributed by atoms with Crippen molar-refractivity contribution < 1.29 is 9.90 Å². The van der Waals surface area contributed by atoms with Crippen molar-refractivity contribution in [3.8, 4) is 0 Å². The van der Waals surface area contributed by atoms with Gasteiger partial charge in [-0.05, 0) is 24.3 Å². The molecule has 2 atom stereocenters. The van der Waals surface area contributed by atoms with Crippen LogP contribution in [-0.4, -0.2) is 29.1 Å². The normalized spacial score (nSPS) is 31.2. The number of hydrogen-bond donors (Lipinski definition) is 1. The molecule has 1 spiro atoms. The van der Waals surface area contributed by atoms with E-state index < -0.39 is 0 Å². The molecular weight excluding hydrogens is 214 g/mol. The van der Waals surface area contributed by atoms with E-state index in [0.717, 1.165) is 19.4 Å². The van der Waals surface area contributed by atoms with E-state index in [1.54, 1.807) is 0 Å². The number of aliphatic hydroxyl groups excluding tert-OH is 1. The van der Waals surface area contributed by atoms with E-state index in [1.807, 2.05) is 23.1 Å². The standard InChI is InChI=1S/C14H17NO2/c16-10-12-8-14(12)6-7-15(13(14)17)9-11-4-2-1-3-5-11/h1-5,12,16H,6-10H2/t12-,14+/m1/s1. The minimum atomic E-state index is -0.191. The maximum atomic E-state index is 12.3. The average Bonchev–Trinajstić information content (AvgIpc) is 3.02. The van der Waals surface area contributed by atoms with Crippen molar-refractivity contribution in [1.29, 1.82) is 0 Å². The fraction of sp³-hybridized carbons (Fsp3) is 0.500. The summed E-state index contributed by atoms with van der Waals surface area (Å²) in [5.41, 5.74) is 0.989. The number of likely N-dealkylation sites (tertiary alicyclic amines) is 1. The summed E-state index contributed by atoms with van der Waals surface area (Å²) in [6.45, 7) is 1.70. The number of nitrogens with zero attached hydrogens (tertiary/aromatic N) is 1. The van der Waals surface area contributed by atoms with E-state index in [4.69, 9.17) is 5.11 Å². The Bertz CT molecular complexity index is 431. The fourth-order valence-electron chi connectivity index (χ4n) is 3.00. The number of carbonyl (C=O) groups excluding carboxylic acids is 1. The number of amides is 1. The molecule has 3 heteroatoms. The topological polar surface area (TPSA) is 40.5 Å². The molecule has 3 rings (SSSR count). The summed E-state index contributed by atoms with van der Waals surface area (Å²) in [5, 5.41) is 9.15. The molecule has 1 aliphatic carbocycles. The summed E-state index contributed by atoms with van der Waals surface area (Å²) in [6, 6.07) is 10.1. The van der Waals surface area contributed by atoms with Crippen LogP contribution in [0.3, 0.4) is 0 Å². The summed E-state index contributed by atoms with van der Waals surface area (Å²) in [5.74, 6) is 0.469. The van der Waals surface area contributed by atoms with E-state index in [0.29, 0.717) is 6.54 Å². The molecule has 90 valence electrons. The Hall–Kier alpha value is -1.35. The summed E-state index contributed by atoms with van der Waals surface area (Å²) in [4.78, 5) is 14.2. The second-order valence-corrected chi connectivity index (χ2v) is 5.20. The highest BCUT2D eigenvalue weighted by Gasteiger charge is 2.63. The van der Waals surface area contributed by atoms with Gasteiger partial charge < -0.3 is 10.0 Å². The summed E-state index contributed by atoms with van der Waals surface area (Å²) in [7, 11) is 0. The number of carbonyl (C=O) groups is 1. The first-order valence-corrected chi connectivity index (χ1v) is 6.20. The van der Waals surface area contributed by atoms with Crippen molar-refractivity contribution in [1.82, 2.24) is 4.90 Å². The Morgan fingerprint density at radius 3 is 2.76 bits per heavy atom. The Kier molecular flexibility index (Phi) is 2.44. The van der Waals surface area contributed by atoms with Crippen molar-refractivity contribution in [3.63, 3.8) is 0 Å². The second-order valence-electron chi connectivity index (χ2n) is 5.20. The van der Waals surface area contributed by atoms with Crippen molar-refractivity contribution >= 4 is 5.91 Å². The highest BCUT2D eigenvalue weighted by atomic mass is 16.3. The number of benzene rings is 1. The molecule has 1 aromatic rings. The summed E-state index contributed by atoms with van der Waals surface area (Å²) >= 11 is 0. The van der Waals surface area contributed by atoms with Gasteiger partial charge in [0.05, 0.1) is 5.41 Å². The van der Waals surface area contributed by atoms with Gasteiger partial charge in [0, 0.05) is 19.7 Å². The molecule has 1 aliphatic heterocycles. The lowest BCUT2D eigenvalue weighted by Crippen LogP contribution is -2.28. The van der Waals surface area contributed by atoms with Crippen LogP contribution in [0, 0.1) is 11.3 Å². The summed E-state index contributed by atoms with van der Waals surface area (Å²) in [6.07, 6.45) is 1.80. The van der Waals surface area contributed by atoms with Gasteiger partial charge in [-0.3, -0.25) is 4.79 Å². The van der Waals surface area contributed by atoms with E-state index in [2.05, 4.69) is 12.1 Å². The van der Waals surface area contributed by atoms with Crippen molar-refractivity contribution in [2.24, 2.45) is 11.3 Å². The van der Waals surface area contributed by atoms with Crippen LogP contribution < -0.4 is 0 Å². The van der Waals surface area contributed by atoms with Crippen molar-refractivity contribution in [2.75, 3.05) is 13.2 Å². The van der Waals surface area contributed by atoms with Crippen LogP contribution in [0.5, 0.6) is 0 Å². The van der Waals surface area contributed by atoms with Gasteiger partial charge >= 0.3 is 0 Å². The third-order valence-electron chi connectivity index (χ3n) is 4.21. The van der Waals surface area contributed by atoms with Gasteiger partial charge in [-0.2, -0.15) is 0 Å². The maximum absolute atomic E-state index is 12.3. The zero-order chi connectivity index (χ0) is 11.9. The molecule has 17 heavy (non-hydrogen) atoms. The minimum Gasteiger partial charge on any atom is -0.396 e. The molecule has 1 aromatic carbocycles. The lowest BCUT2D eigenvalue weighted by molar-refractivity contribution is -0.133. The Labute approximate surface area is 101 Å². The zero-order valence-corrected chi connectivity index (χ0v) is 9.80. The predicted molar refractivity (Wildman–Crippen MR) is 64.1 cm³/mol. The Balaban J connectivity index is 1.70. The molecule has 0 unspecified atom stereocenters. The molecule has 1 saturated carbocycles. The highest BCUT2D eigenvalue weighted by molar-refractivity contribution is 5.88. The van der Waals surface area contributed by atoms with E-state index >= 15 is 0 Å². The lowest BCUT2D eigenvalue weighted by Gasteiger charge is -2.16. The molecule has 1 N–H and O–H groups in total. The van der Waals surface area contributed by atoms with Crippen LogP contribution in [0.25, 0.3) is 0 Å². The fourth-order valence-corrected chi connectivity index (χ4v) is 3.00. The highest BCUT2D eigenvalue weighted by Crippen LogP contribution is 2.59. The molecule has 3 nitrogen and oxygen atoms in total. The Morgan fingerprint density at radius 1 is 1.35 bits per heavy atom. The first kappa shape index (κ1) is 10.8. The van der Waals surface area contributed by atoms with Gasteiger partial charge in [-0.25, -0.2) is 0 Å². The molecular formula is C14H17NO2. The SMILES string of the molecule is O=C1N(Cc2ccccc2)CC[C@@]12C[C@@H]2CO. The van der Waals surface area contributed by atoms with Crippen LogP contribution in [-0.2, 0) is 11.3 Å². The first-order chi connectivity index (χ1) is 8.26. The van der Waals surface area contributed by atoms with Gasteiger partial charge in [-0.15, -0.1) is 0 Å². The van der Waals surface area contributed by atoms with Crippen LogP contribution in [0.1, 0.15) is 18.4 Å². The molecule has 0 bridgehead atoms. The van der Waals surface area contributed by atoms with Crippen molar-refractivity contribution in [2.45, 2.75) is 19.4 Å². The molecule has 2 aliphatic rings. The summed E-state index contributed by atoms with van der Waals surface area (Å²) < 4.78 is 0. The molecule has 1 amide bonds. The van der Waals surface area contributed by atoms with Crippen LogP contribution in [0.4, 0.5) is 0 Å². The van der Waals surface area contributed by atoms with Gasteiger partial charge in [0.1, 0.15) is 0 Å². The first-order valence-electron chi connectivity index (χ1n) is 6.20. The lowest BCUT2D eigenvalue weighted by atomic mass is 10.0. The smallest absolute Gasteiger partial charge is 0.229 e. The molecule has 1 heterocycles. The third-order valence-corrected chi connectivity index (χ3v) is 4.21. The Morgan fingerprint density at radius 2 is 2.12 bits per heavy atom. The zero-order valence-electron chi connectivity index (χ0n) is 9.80. The number of aliphatic hydroxyl groups is 1. The van der Waals surface area contributed by atoms with Gasteiger partial charge in [0.2, 0.25) is 5.91 Å². The van der Waals surface area contributed by atoms with E-state index in [-0.39, 0.29) is 23.8 Å². The maximum Gasteiger partial charge on any atom is 0.229 e. The second kappa shape index (κ2) is 3.84. The third kappa shape index (κ3) is 1.65. The van der Waals surface area contributed by atoms with Crippen molar-refractivity contribution in [3.05, 3.63) is 35.9 Å². The molecule has 0 radical (unpaired) electrons. The van der Waals surface area contributed by atoms with E-state index in [9.17, 15) is 4.79 Å².